The number of alkyl halides is 3. The first-order valence-electron chi connectivity index (χ1n) is 2.87. The second-order valence-corrected chi connectivity index (χ2v) is 2.45. The van der Waals surface area contributed by atoms with Crippen LogP contribution in [0.1, 0.15) is 13.3 Å². The van der Waals surface area contributed by atoms with Crippen molar-refractivity contribution in [3.8, 4) is 0 Å². The minimum absolute atomic E-state index is 0.0491. The standard InChI is InChI=1S/C5H11F3N2/c1-4(10,2-3-9)5(6,7)8/h2-3,9-10H2,1H3/t4-/m0/s1. The van der Waals surface area contributed by atoms with Crippen LogP contribution in [0.4, 0.5) is 13.2 Å². The fourth-order valence-electron chi connectivity index (χ4n) is 0.442. The third-order valence-electron chi connectivity index (χ3n) is 1.31. The lowest BCUT2D eigenvalue weighted by Gasteiger charge is -2.26. The largest absolute Gasteiger partial charge is 0.406 e. The van der Waals surface area contributed by atoms with Gasteiger partial charge in [-0.3, -0.25) is 0 Å². The summed E-state index contributed by atoms with van der Waals surface area (Å²) in [5.74, 6) is 0. The van der Waals surface area contributed by atoms with Crippen molar-refractivity contribution in [3.05, 3.63) is 0 Å². The van der Waals surface area contributed by atoms with E-state index < -0.39 is 11.7 Å². The van der Waals surface area contributed by atoms with Gasteiger partial charge in [0.2, 0.25) is 0 Å². The molecule has 0 heterocycles. The maximum absolute atomic E-state index is 11.8. The molecule has 0 aromatic carbocycles. The van der Waals surface area contributed by atoms with Crippen LogP contribution in [0.5, 0.6) is 0 Å². The molecule has 2 nitrogen and oxygen atoms in total. The molecule has 0 saturated carbocycles. The molecule has 0 amide bonds. The van der Waals surface area contributed by atoms with E-state index in [1.165, 1.54) is 0 Å². The number of halogens is 3. The summed E-state index contributed by atoms with van der Waals surface area (Å²) in [6, 6.07) is 0. The van der Waals surface area contributed by atoms with Gasteiger partial charge in [-0.1, -0.05) is 0 Å². The highest BCUT2D eigenvalue weighted by Gasteiger charge is 2.47. The minimum Gasteiger partial charge on any atom is -0.330 e. The Kier molecular flexibility index (Phi) is 2.67. The molecule has 0 aromatic rings. The zero-order chi connectivity index (χ0) is 8.41. The van der Waals surface area contributed by atoms with Crippen LogP contribution in [-0.4, -0.2) is 18.3 Å². The van der Waals surface area contributed by atoms with Crippen LogP contribution >= 0.6 is 0 Å². The quantitative estimate of drug-likeness (QED) is 0.615. The predicted molar refractivity (Wildman–Crippen MR) is 32.3 cm³/mol. The molecule has 0 fully saturated rings. The Hall–Kier alpha value is -0.290. The summed E-state index contributed by atoms with van der Waals surface area (Å²) in [6.45, 7) is 0.881. The van der Waals surface area contributed by atoms with Crippen molar-refractivity contribution in [1.82, 2.24) is 0 Å². The molecule has 0 saturated heterocycles. The summed E-state index contributed by atoms with van der Waals surface area (Å²) in [6.07, 6.45) is -4.59. The fourth-order valence-corrected chi connectivity index (χ4v) is 0.442. The van der Waals surface area contributed by atoms with Gasteiger partial charge in [-0.05, 0) is 19.9 Å². The molecule has 0 rings (SSSR count). The molecular formula is C5H11F3N2. The van der Waals surface area contributed by atoms with Crippen molar-refractivity contribution in [2.45, 2.75) is 25.1 Å². The Balaban J connectivity index is 4.10. The molecule has 0 radical (unpaired) electrons. The molecule has 4 N–H and O–H groups in total. The van der Waals surface area contributed by atoms with Crippen molar-refractivity contribution in [2.75, 3.05) is 6.54 Å². The van der Waals surface area contributed by atoms with E-state index in [-0.39, 0.29) is 13.0 Å². The Labute approximate surface area is 57.4 Å². The van der Waals surface area contributed by atoms with Crippen LogP contribution < -0.4 is 11.5 Å². The van der Waals surface area contributed by atoms with Gasteiger partial charge >= 0.3 is 6.18 Å². The normalized spacial score (nSPS) is 18.6. The van der Waals surface area contributed by atoms with E-state index in [0.717, 1.165) is 6.92 Å². The highest BCUT2D eigenvalue weighted by Crippen LogP contribution is 2.29. The summed E-state index contributed by atoms with van der Waals surface area (Å²) >= 11 is 0. The Morgan fingerprint density at radius 2 is 1.70 bits per heavy atom. The molecule has 1 atom stereocenters. The van der Waals surface area contributed by atoms with Crippen LogP contribution in [0.2, 0.25) is 0 Å². The van der Waals surface area contributed by atoms with Crippen LogP contribution in [0.3, 0.4) is 0 Å². The molecule has 0 aliphatic heterocycles. The zero-order valence-corrected chi connectivity index (χ0v) is 5.70. The lowest BCUT2D eigenvalue weighted by molar-refractivity contribution is -0.181. The van der Waals surface area contributed by atoms with Gasteiger partial charge in [0, 0.05) is 0 Å². The number of rotatable bonds is 2. The van der Waals surface area contributed by atoms with E-state index in [1.54, 1.807) is 0 Å². The summed E-state index contributed by atoms with van der Waals surface area (Å²) in [5.41, 5.74) is 7.69. The summed E-state index contributed by atoms with van der Waals surface area (Å²) in [4.78, 5) is 0. The summed E-state index contributed by atoms with van der Waals surface area (Å²) in [7, 11) is 0. The number of hydrogen-bond acceptors (Lipinski definition) is 2. The smallest absolute Gasteiger partial charge is 0.330 e. The summed E-state index contributed by atoms with van der Waals surface area (Å²) < 4.78 is 35.5. The first kappa shape index (κ1) is 9.71. The topological polar surface area (TPSA) is 52.0 Å². The van der Waals surface area contributed by atoms with Gasteiger partial charge in [-0.15, -0.1) is 0 Å². The second kappa shape index (κ2) is 2.75. The van der Waals surface area contributed by atoms with E-state index in [9.17, 15) is 13.2 Å². The maximum atomic E-state index is 11.8. The van der Waals surface area contributed by atoms with Gasteiger partial charge in [-0.2, -0.15) is 13.2 Å². The first-order valence-corrected chi connectivity index (χ1v) is 2.87. The van der Waals surface area contributed by atoms with E-state index in [1.807, 2.05) is 0 Å². The fraction of sp³-hybridized carbons (Fsp3) is 1.00. The Morgan fingerprint density at radius 3 is 1.80 bits per heavy atom. The van der Waals surface area contributed by atoms with Crippen LogP contribution in [0.15, 0.2) is 0 Å². The predicted octanol–water partition coefficient (Wildman–Crippen LogP) is 0.615. The van der Waals surface area contributed by atoms with E-state index in [0.29, 0.717) is 0 Å². The van der Waals surface area contributed by atoms with E-state index in [2.05, 4.69) is 0 Å². The van der Waals surface area contributed by atoms with E-state index >= 15 is 0 Å². The molecule has 0 unspecified atom stereocenters. The van der Waals surface area contributed by atoms with E-state index in [4.69, 9.17) is 11.5 Å². The molecule has 10 heavy (non-hydrogen) atoms. The molecule has 0 aliphatic rings. The number of hydrogen-bond donors (Lipinski definition) is 2. The third-order valence-corrected chi connectivity index (χ3v) is 1.31. The van der Waals surface area contributed by atoms with Gasteiger partial charge in [0.25, 0.3) is 0 Å². The molecule has 0 aromatic heterocycles. The first-order chi connectivity index (χ1) is 4.31. The zero-order valence-electron chi connectivity index (χ0n) is 5.70. The second-order valence-electron chi connectivity index (χ2n) is 2.45. The van der Waals surface area contributed by atoms with Crippen LogP contribution in [-0.2, 0) is 0 Å². The molecule has 0 aliphatic carbocycles. The van der Waals surface area contributed by atoms with Gasteiger partial charge < -0.3 is 11.5 Å². The highest BCUT2D eigenvalue weighted by atomic mass is 19.4. The van der Waals surface area contributed by atoms with Crippen molar-refractivity contribution < 1.29 is 13.2 Å². The lowest BCUT2D eigenvalue weighted by Crippen LogP contribution is -2.51. The minimum atomic E-state index is -4.35. The molecule has 0 spiro atoms. The molecule has 62 valence electrons. The highest BCUT2D eigenvalue weighted by molar-refractivity contribution is 4.86. The monoisotopic (exact) mass is 156 g/mol. The maximum Gasteiger partial charge on any atom is 0.406 e. The summed E-state index contributed by atoms with van der Waals surface area (Å²) in [5, 5.41) is 0. The molecule has 5 heteroatoms. The molecule has 0 bridgehead atoms. The molecular weight excluding hydrogens is 145 g/mol. The Morgan fingerprint density at radius 1 is 1.30 bits per heavy atom. The van der Waals surface area contributed by atoms with Crippen molar-refractivity contribution in [3.63, 3.8) is 0 Å². The van der Waals surface area contributed by atoms with Crippen molar-refractivity contribution >= 4 is 0 Å². The van der Waals surface area contributed by atoms with Crippen molar-refractivity contribution in [2.24, 2.45) is 11.5 Å². The van der Waals surface area contributed by atoms with Gasteiger partial charge in [0.1, 0.15) is 5.54 Å². The van der Waals surface area contributed by atoms with Gasteiger partial charge in [0.15, 0.2) is 0 Å². The van der Waals surface area contributed by atoms with Crippen LogP contribution in [0, 0.1) is 0 Å². The van der Waals surface area contributed by atoms with Gasteiger partial charge in [0.05, 0.1) is 0 Å². The van der Waals surface area contributed by atoms with Crippen LogP contribution in [0.25, 0.3) is 0 Å². The lowest BCUT2D eigenvalue weighted by atomic mass is 9.99. The average Bonchev–Trinajstić information content (AvgIpc) is 1.61. The third kappa shape index (κ3) is 2.15. The Bertz CT molecular complexity index is 108. The van der Waals surface area contributed by atoms with Gasteiger partial charge in [-0.25, -0.2) is 0 Å². The average molecular weight is 156 g/mol. The SMILES string of the molecule is C[C@](N)(CCN)C(F)(F)F. The number of nitrogens with two attached hydrogens (primary N) is 2. The van der Waals surface area contributed by atoms with Crippen molar-refractivity contribution in [1.29, 1.82) is 0 Å².